The third kappa shape index (κ3) is 4.81. The van der Waals surface area contributed by atoms with Crippen LogP contribution in [0.1, 0.15) is 32.3 Å². The van der Waals surface area contributed by atoms with Crippen LogP contribution in [0.2, 0.25) is 0 Å². The Bertz CT molecular complexity index is 658. The summed E-state index contributed by atoms with van der Waals surface area (Å²) in [5, 5.41) is 7.43. The van der Waals surface area contributed by atoms with Crippen molar-refractivity contribution in [3.05, 3.63) is 53.6 Å². The second-order valence-corrected chi connectivity index (χ2v) is 6.13. The van der Waals surface area contributed by atoms with Gasteiger partial charge in [-0.25, -0.2) is 5.43 Å². The van der Waals surface area contributed by atoms with E-state index in [9.17, 15) is 4.79 Å². The van der Waals surface area contributed by atoms with Crippen molar-refractivity contribution in [2.24, 2.45) is 11.0 Å². The van der Waals surface area contributed by atoms with Gasteiger partial charge in [-0.2, -0.15) is 5.10 Å². The Morgan fingerprint density at radius 2 is 2.09 bits per heavy atom. The van der Waals surface area contributed by atoms with Gasteiger partial charge in [0.2, 0.25) is 0 Å². The van der Waals surface area contributed by atoms with Gasteiger partial charge >= 0.3 is 0 Å². The maximum atomic E-state index is 12.0. The second kappa shape index (κ2) is 7.77. The summed E-state index contributed by atoms with van der Waals surface area (Å²) in [7, 11) is 0. The van der Waals surface area contributed by atoms with Gasteiger partial charge in [0.05, 0.1) is 12.3 Å². The summed E-state index contributed by atoms with van der Waals surface area (Å²) in [5.74, 6) is 0.269. The lowest BCUT2D eigenvalue weighted by atomic mass is 9.85. The summed E-state index contributed by atoms with van der Waals surface area (Å²) in [5.41, 5.74) is 7.96. The van der Waals surface area contributed by atoms with E-state index in [-0.39, 0.29) is 12.5 Å². The number of carbonyl (C=O) groups is 1. The van der Waals surface area contributed by atoms with E-state index in [1.807, 2.05) is 45.0 Å². The maximum Gasteiger partial charge on any atom is 0.259 e. The molecule has 0 aliphatic heterocycles. The molecule has 1 aromatic rings. The van der Waals surface area contributed by atoms with Crippen molar-refractivity contribution in [3.63, 3.8) is 0 Å². The van der Waals surface area contributed by atoms with Crippen LogP contribution in [0.3, 0.4) is 0 Å². The number of rotatable bonds is 5. The molecule has 23 heavy (non-hydrogen) atoms. The molecule has 1 amide bonds. The average molecular weight is 311 g/mol. The lowest BCUT2D eigenvalue weighted by molar-refractivity contribution is -0.119. The molecule has 2 rings (SSSR count). The van der Waals surface area contributed by atoms with Crippen LogP contribution in [0, 0.1) is 12.8 Å². The predicted octanol–water partition coefficient (Wildman–Crippen LogP) is 3.81. The van der Waals surface area contributed by atoms with E-state index in [0.29, 0.717) is 5.92 Å². The summed E-state index contributed by atoms with van der Waals surface area (Å²) in [6.45, 7) is 10.3. The number of benzene rings is 1. The molecule has 1 aliphatic rings. The van der Waals surface area contributed by atoms with Gasteiger partial charge in [-0.1, -0.05) is 36.4 Å². The van der Waals surface area contributed by atoms with Crippen LogP contribution < -0.4 is 10.7 Å². The third-order valence-electron chi connectivity index (χ3n) is 4.20. The Morgan fingerprint density at radius 1 is 1.35 bits per heavy atom. The summed E-state index contributed by atoms with van der Waals surface area (Å²) in [6, 6.07) is 7.89. The minimum Gasteiger partial charge on any atom is -0.376 e. The summed E-state index contributed by atoms with van der Waals surface area (Å²) < 4.78 is 0. The average Bonchev–Trinajstić information content (AvgIpc) is 2.53. The molecule has 0 spiro atoms. The quantitative estimate of drug-likeness (QED) is 0.642. The maximum absolute atomic E-state index is 12.0. The number of nitrogens with zero attached hydrogens (tertiary/aromatic N) is 1. The largest absolute Gasteiger partial charge is 0.376 e. The van der Waals surface area contributed by atoms with Gasteiger partial charge in [-0.15, -0.1) is 0 Å². The van der Waals surface area contributed by atoms with Crippen molar-refractivity contribution in [1.82, 2.24) is 5.43 Å². The van der Waals surface area contributed by atoms with E-state index in [1.54, 1.807) is 0 Å². The highest BCUT2D eigenvalue weighted by Gasteiger charge is 2.18. The molecular weight excluding hydrogens is 286 g/mol. The van der Waals surface area contributed by atoms with E-state index >= 15 is 0 Å². The molecule has 1 unspecified atom stereocenters. The summed E-state index contributed by atoms with van der Waals surface area (Å²) in [4.78, 5) is 12.0. The molecule has 2 N–H and O–H groups in total. The number of hydrazone groups is 1. The number of carbonyl (C=O) groups excluding carboxylic acids is 1. The van der Waals surface area contributed by atoms with Crippen molar-refractivity contribution in [1.29, 1.82) is 0 Å². The minimum atomic E-state index is -0.147. The van der Waals surface area contributed by atoms with Crippen LogP contribution in [0.25, 0.3) is 0 Å². The van der Waals surface area contributed by atoms with Gasteiger partial charge < -0.3 is 5.32 Å². The number of nitrogens with one attached hydrogen (secondary N) is 2. The van der Waals surface area contributed by atoms with E-state index in [1.165, 1.54) is 0 Å². The number of hydrogen-bond acceptors (Lipinski definition) is 3. The molecule has 4 nitrogen and oxygen atoms in total. The fourth-order valence-electron chi connectivity index (χ4n) is 2.54. The van der Waals surface area contributed by atoms with E-state index in [4.69, 9.17) is 0 Å². The highest BCUT2D eigenvalue weighted by atomic mass is 16.2. The molecule has 0 aromatic heterocycles. The lowest BCUT2D eigenvalue weighted by Gasteiger charge is -2.22. The number of amides is 1. The van der Waals surface area contributed by atoms with Gasteiger partial charge in [0, 0.05) is 5.69 Å². The molecule has 0 radical (unpaired) electrons. The SMILES string of the molecule is C=C(C)C1CC=C(C)C(=NNC(=O)CNc2ccccc2C)C1. The Morgan fingerprint density at radius 3 is 2.78 bits per heavy atom. The molecule has 0 heterocycles. The van der Waals surface area contributed by atoms with Crippen molar-refractivity contribution in [2.75, 3.05) is 11.9 Å². The highest BCUT2D eigenvalue weighted by Crippen LogP contribution is 2.26. The van der Waals surface area contributed by atoms with Crippen molar-refractivity contribution >= 4 is 17.3 Å². The lowest BCUT2D eigenvalue weighted by Crippen LogP contribution is -2.28. The first-order valence-electron chi connectivity index (χ1n) is 7.94. The zero-order valence-corrected chi connectivity index (χ0v) is 14.1. The van der Waals surface area contributed by atoms with Crippen molar-refractivity contribution in [3.8, 4) is 0 Å². The van der Waals surface area contributed by atoms with Crippen LogP contribution in [0.4, 0.5) is 5.69 Å². The molecule has 1 aromatic carbocycles. The van der Waals surface area contributed by atoms with Crippen molar-refractivity contribution in [2.45, 2.75) is 33.6 Å². The fourth-order valence-corrected chi connectivity index (χ4v) is 2.54. The van der Waals surface area contributed by atoms with E-state index in [2.05, 4.69) is 28.5 Å². The van der Waals surface area contributed by atoms with Crippen LogP contribution >= 0.6 is 0 Å². The summed E-state index contributed by atoms with van der Waals surface area (Å²) in [6.07, 6.45) is 4.01. The number of aryl methyl sites for hydroxylation is 1. The zero-order valence-electron chi connectivity index (χ0n) is 14.1. The zero-order chi connectivity index (χ0) is 16.8. The van der Waals surface area contributed by atoms with Crippen LogP contribution in [-0.4, -0.2) is 18.2 Å². The second-order valence-electron chi connectivity index (χ2n) is 6.13. The van der Waals surface area contributed by atoms with Gasteiger partial charge in [0.25, 0.3) is 5.91 Å². The Hall–Kier alpha value is -2.36. The molecule has 0 saturated carbocycles. The first-order valence-corrected chi connectivity index (χ1v) is 7.94. The molecule has 0 saturated heterocycles. The Kier molecular flexibility index (Phi) is 5.74. The predicted molar refractivity (Wildman–Crippen MR) is 96.5 cm³/mol. The molecule has 0 bridgehead atoms. The van der Waals surface area contributed by atoms with E-state index in [0.717, 1.165) is 41.0 Å². The molecular formula is C19H25N3O. The fraction of sp³-hybridized carbons (Fsp3) is 0.368. The monoisotopic (exact) mass is 311 g/mol. The van der Waals surface area contributed by atoms with Crippen molar-refractivity contribution < 1.29 is 4.79 Å². The number of para-hydroxylation sites is 1. The minimum absolute atomic E-state index is 0.147. The number of anilines is 1. The smallest absolute Gasteiger partial charge is 0.259 e. The third-order valence-corrected chi connectivity index (χ3v) is 4.20. The van der Waals surface area contributed by atoms with Gasteiger partial charge in [-0.05, 0) is 56.7 Å². The van der Waals surface area contributed by atoms with E-state index < -0.39 is 0 Å². The standard InChI is InChI=1S/C19H25N3O/c1-13(2)16-10-9-15(4)18(11-16)21-22-19(23)12-20-17-8-6-5-7-14(17)3/h5-9,16,20H,1,10-12H2,2-4H3,(H,22,23). The Labute approximate surface area is 138 Å². The number of hydrogen-bond donors (Lipinski definition) is 2. The molecule has 1 atom stereocenters. The van der Waals surface area contributed by atoms with Crippen LogP contribution in [0.5, 0.6) is 0 Å². The molecule has 4 heteroatoms. The topological polar surface area (TPSA) is 53.5 Å². The number of allylic oxidation sites excluding steroid dienone is 3. The molecule has 122 valence electrons. The van der Waals surface area contributed by atoms with Gasteiger partial charge in [0.1, 0.15) is 0 Å². The Balaban J connectivity index is 1.90. The molecule has 1 aliphatic carbocycles. The van der Waals surface area contributed by atoms with Gasteiger partial charge in [0.15, 0.2) is 0 Å². The van der Waals surface area contributed by atoms with Crippen LogP contribution in [0.15, 0.2) is 53.2 Å². The normalized spacial score (nSPS) is 19.2. The first-order chi connectivity index (χ1) is 11.0. The summed E-state index contributed by atoms with van der Waals surface area (Å²) >= 11 is 0. The molecule has 0 fully saturated rings. The first kappa shape index (κ1) is 17.0. The van der Waals surface area contributed by atoms with Crippen LogP contribution in [-0.2, 0) is 4.79 Å². The van der Waals surface area contributed by atoms with Gasteiger partial charge in [-0.3, -0.25) is 4.79 Å². The highest BCUT2D eigenvalue weighted by molar-refractivity contribution is 6.01.